The molecule has 0 spiro atoms. The molecule has 0 unspecified atom stereocenters. The lowest BCUT2D eigenvalue weighted by Gasteiger charge is -2.06. The van der Waals surface area contributed by atoms with Crippen molar-refractivity contribution in [2.45, 2.75) is 0 Å². The highest BCUT2D eigenvalue weighted by atomic mass is 16.5. The van der Waals surface area contributed by atoms with Gasteiger partial charge in [0.1, 0.15) is 17.5 Å². The molecule has 2 aromatic heterocycles. The SMILES string of the molecule is O=C(O)COc1ccccc1/C=N/n1cnc2c(cnn2-c2ccccc2)c1=O. The van der Waals surface area contributed by atoms with Crippen LogP contribution in [0.25, 0.3) is 16.7 Å². The zero-order valence-electron chi connectivity index (χ0n) is 15.0. The van der Waals surface area contributed by atoms with Gasteiger partial charge in [-0.3, -0.25) is 4.79 Å². The summed E-state index contributed by atoms with van der Waals surface area (Å²) in [4.78, 5) is 27.8. The number of rotatable bonds is 6. The summed E-state index contributed by atoms with van der Waals surface area (Å²) in [5.41, 5.74) is 1.37. The molecule has 1 N–H and O–H groups in total. The van der Waals surface area contributed by atoms with Gasteiger partial charge in [0, 0.05) is 5.56 Å². The van der Waals surface area contributed by atoms with E-state index < -0.39 is 12.6 Å². The average Bonchev–Trinajstić information content (AvgIpc) is 3.18. The number of hydrogen-bond donors (Lipinski definition) is 1. The van der Waals surface area contributed by atoms with Crippen LogP contribution >= 0.6 is 0 Å². The highest BCUT2D eigenvalue weighted by molar-refractivity contribution is 5.84. The van der Waals surface area contributed by atoms with Crippen molar-refractivity contribution in [3.05, 3.63) is 83.0 Å². The van der Waals surface area contributed by atoms with Crippen LogP contribution in [0.5, 0.6) is 5.75 Å². The number of nitrogens with zero attached hydrogens (tertiary/aromatic N) is 5. The fourth-order valence-corrected chi connectivity index (χ4v) is 2.73. The van der Waals surface area contributed by atoms with E-state index in [4.69, 9.17) is 9.84 Å². The molecule has 0 saturated carbocycles. The zero-order valence-corrected chi connectivity index (χ0v) is 15.0. The quantitative estimate of drug-likeness (QED) is 0.504. The maximum atomic E-state index is 12.7. The van der Waals surface area contributed by atoms with Gasteiger partial charge in [-0.25, -0.2) is 14.5 Å². The summed E-state index contributed by atoms with van der Waals surface area (Å²) >= 11 is 0. The lowest BCUT2D eigenvalue weighted by atomic mass is 10.2. The standard InChI is InChI=1S/C20H15N5O4/c26-18(27)12-29-17-9-5-4-6-14(17)10-22-24-13-21-19-16(20(24)28)11-23-25(19)15-7-2-1-3-8-15/h1-11,13H,12H2,(H,26,27)/b22-10+. The van der Waals surface area contributed by atoms with E-state index in [1.165, 1.54) is 18.7 Å². The van der Waals surface area contributed by atoms with E-state index in [9.17, 15) is 9.59 Å². The number of hydrogen-bond acceptors (Lipinski definition) is 6. The van der Waals surface area contributed by atoms with Crippen molar-refractivity contribution in [2.24, 2.45) is 5.10 Å². The Bertz CT molecular complexity index is 1260. The molecule has 0 fully saturated rings. The number of carboxylic acid groups (broad SMARTS) is 1. The van der Waals surface area contributed by atoms with Crippen LogP contribution in [0.4, 0.5) is 0 Å². The molecule has 0 aliphatic carbocycles. The van der Waals surface area contributed by atoms with Gasteiger partial charge in [0.2, 0.25) is 0 Å². The van der Waals surface area contributed by atoms with Crippen molar-refractivity contribution in [1.29, 1.82) is 0 Å². The van der Waals surface area contributed by atoms with Crippen molar-refractivity contribution in [2.75, 3.05) is 6.61 Å². The molecule has 9 nitrogen and oxygen atoms in total. The van der Waals surface area contributed by atoms with Gasteiger partial charge in [0.05, 0.1) is 18.1 Å². The first kappa shape index (κ1) is 18.1. The van der Waals surface area contributed by atoms with Crippen LogP contribution < -0.4 is 10.3 Å². The molecular formula is C20H15N5O4. The Morgan fingerprint density at radius 2 is 1.90 bits per heavy atom. The Balaban J connectivity index is 1.67. The van der Waals surface area contributed by atoms with E-state index in [1.54, 1.807) is 28.9 Å². The van der Waals surface area contributed by atoms with Crippen LogP contribution in [0.2, 0.25) is 0 Å². The molecule has 2 aromatic carbocycles. The van der Waals surface area contributed by atoms with Gasteiger partial charge < -0.3 is 9.84 Å². The maximum absolute atomic E-state index is 12.7. The second-order valence-corrected chi connectivity index (χ2v) is 5.99. The first-order valence-electron chi connectivity index (χ1n) is 8.62. The maximum Gasteiger partial charge on any atom is 0.341 e. The minimum Gasteiger partial charge on any atom is -0.481 e. The monoisotopic (exact) mass is 389 g/mol. The van der Waals surface area contributed by atoms with Crippen LogP contribution in [0.15, 0.2) is 77.0 Å². The first-order chi connectivity index (χ1) is 14.1. The van der Waals surface area contributed by atoms with Gasteiger partial charge in [0.15, 0.2) is 12.3 Å². The topological polar surface area (TPSA) is 112 Å². The zero-order chi connectivity index (χ0) is 20.2. The van der Waals surface area contributed by atoms with Gasteiger partial charge in [-0.1, -0.05) is 30.3 Å². The Morgan fingerprint density at radius 1 is 1.14 bits per heavy atom. The molecule has 0 aliphatic rings. The summed E-state index contributed by atoms with van der Waals surface area (Å²) in [6.45, 7) is -0.475. The van der Waals surface area contributed by atoms with Gasteiger partial charge in [-0.05, 0) is 24.3 Å². The van der Waals surface area contributed by atoms with E-state index in [0.29, 0.717) is 22.3 Å². The largest absolute Gasteiger partial charge is 0.481 e. The predicted octanol–water partition coefficient (Wildman–Crippen LogP) is 1.93. The molecule has 0 bridgehead atoms. The Morgan fingerprint density at radius 3 is 2.69 bits per heavy atom. The van der Waals surface area contributed by atoms with Gasteiger partial charge in [0.25, 0.3) is 5.56 Å². The molecule has 144 valence electrons. The molecule has 29 heavy (non-hydrogen) atoms. The highest BCUT2D eigenvalue weighted by Gasteiger charge is 2.11. The van der Waals surface area contributed by atoms with Crippen molar-refractivity contribution in [1.82, 2.24) is 19.4 Å². The van der Waals surface area contributed by atoms with Crippen molar-refractivity contribution < 1.29 is 14.6 Å². The van der Waals surface area contributed by atoms with Gasteiger partial charge >= 0.3 is 5.97 Å². The molecule has 4 rings (SSSR count). The first-order valence-corrected chi connectivity index (χ1v) is 8.62. The van der Waals surface area contributed by atoms with Crippen molar-refractivity contribution in [3.63, 3.8) is 0 Å². The predicted molar refractivity (Wildman–Crippen MR) is 106 cm³/mol. The number of aliphatic carboxylic acids is 1. The number of para-hydroxylation sites is 2. The second kappa shape index (κ2) is 7.77. The lowest BCUT2D eigenvalue weighted by molar-refractivity contribution is -0.139. The molecule has 0 amide bonds. The van der Waals surface area contributed by atoms with E-state index in [2.05, 4.69) is 15.2 Å². The summed E-state index contributed by atoms with van der Waals surface area (Å²) in [6.07, 6.45) is 4.17. The minimum atomic E-state index is -1.09. The van der Waals surface area contributed by atoms with E-state index in [-0.39, 0.29) is 5.56 Å². The second-order valence-electron chi connectivity index (χ2n) is 5.99. The van der Waals surface area contributed by atoms with Crippen LogP contribution in [-0.4, -0.2) is 43.3 Å². The van der Waals surface area contributed by atoms with Crippen LogP contribution in [0.1, 0.15) is 5.56 Å². The Labute approximate surface area is 164 Å². The smallest absolute Gasteiger partial charge is 0.341 e. The van der Waals surface area contributed by atoms with Crippen molar-refractivity contribution in [3.8, 4) is 11.4 Å². The molecule has 0 radical (unpaired) electrons. The molecule has 2 heterocycles. The third-order valence-corrected chi connectivity index (χ3v) is 4.06. The summed E-state index contributed by atoms with van der Waals surface area (Å²) in [7, 11) is 0. The van der Waals surface area contributed by atoms with Crippen LogP contribution in [0, 0.1) is 0 Å². The van der Waals surface area contributed by atoms with Gasteiger partial charge in [-0.15, -0.1) is 0 Å². The van der Waals surface area contributed by atoms with E-state index in [1.807, 2.05) is 30.3 Å². The molecule has 9 heteroatoms. The average molecular weight is 389 g/mol. The number of fused-ring (bicyclic) bond motifs is 1. The Hall–Kier alpha value is -4.27. The summed E-state index contributed by atoms with van der Waals surface area (Å²) in [5, 5.41) is 17.5. The molecule has 0 atom stereocenters. The number of ether oxygens (including phenoxy) is 1. The third kappa shape index (κ3) is 3.74. The lowest BCUT2D eigenvalue weighted by Crippen LogP contribution is -2.17. The molecule has 0 saturated heterocycles. The van der Waals surface area contributed by atoms with E-state index >= 15 is 0 Å². The third-order valence-electron chi connectivity index (χ3n) is 4.06. The fourth-order valence-electron chi connectivity index (χ4n) is 2.73. The number of carbonyl (C=O) groups is 1. The minimum absolute atomic E-state index is 0.323. The van der Waals surface area contributed by atoms with Gasteiger partial charge in [-0.2, -0.15) is 14.9 Å². The molecule has 4 aromatic rings. The number of aromatic nitrogens is 4. The van der Waals surface area contributed by atoms with Crippen LogP contribution in [-0.2, 0) is 4.79 Å². The normalized spacial score (nSPS) is 11.2. The molecule has 0 aliphatic heterocycles. The van der Waals surface area contributed by atoms with Crippen LogP contribution in [0.3, 0.4) is 0 Å². The fraction of sp³-hybridized carbons (Fsp3) is 0.0500. The summed E-state index contributed by atoms with van der Waals surface area (Å²) < 4.78 is 7.91. The highest BCUT2D eigenvalue weighted by Crippen LogP contribution is 2.16. The van der Waals surface area contributed by atoms with E-state index in [0.717, 1.165) is 10.4 Å². The Kier molecular flexibility index (Phi) is 4.85. The summed E-state index contributed by atoms with van der Waals surface area (Å²) in [6, 6.07) is 16.2. The number of carboxylic acids is 1. The number of benzene rings is 2. The summed E-state index contributed by atoms with van der Waals surface area (Å²) in [5.74, 6) is -0.740. The van der Waals surface area contributed by atoms with Crippen molar-refractivity contribution >= 4 is 23.2 Å². The molecular weight excluding hydrogens is 374 g/mol.